The van der Waals surface area contributed by atoms with Crippen molar-refractivity contribution in [1.82, 2.24) is 10.6 Å². The zero-order chi connectivity index (χ0) is 20.9. The van der Waals surface area contributed by atoms with E-state index in [1.165, 1.54) is 6.07 Å². The molecule has 7 heteroatoms. The molecule has 1 aliphatic carbocycles. The molecular formula is C22H25FN2O3S. The van der Waals surface area contributed by atoms with Crippen LogP contribution >= 0.6 is 12.2 Å². The molecule has 2 aromatic carbocycles. The van der Waals surface area contributed by atoms with E-state index in [1.807, 2.05) is 6.07 Å². The predicted molar refractivity (Wildman–Crippen MR) is 113 cm³/mol. The zero-order valence-electron chi connectivity index (χ0n) is 16.2. The van der Waals surface area contributed by atoms with Gasteiger partial charge < -0.3 is 15.2 Å². The summed E-state index contributed by atoms with van der Waals surface area (Å²) >= 11 is 5.41. The Hall–Kier alpha value is -2.35. The van der Waals surface area contributed by atoms with Crippen LogP contribution in [-0.4, -0.2) is 35.9 Å². The highest BCUT2D eigenvalue weighted by Gasteiger charge is 2.47. The number of ether oxygens (including phenoxy) is 1. The van der Waals surface area contributed by atoms with Gasteiger partial charge in [-0.1, -0.05) is 36.4 Å². The summed E-state index contributed by atoms with van der Waals surface area (Å²) < 4.78 is 20.4. The van der Waals surface area contributed by atoms with Gasteiger partial charge in [0.05, 0.1) is 11.6 Å². The minimum absolute atomic E-state index is 0.0808. The first kappa shape index (κ1) is 21.4. The van der Waals surface area contributed by atoms with Crippen molar-refractivity contribution >= 4 is 23.2 Å². The quantitative estimate of drug-likeness (QED) is 0.654. The lowest BCUT2D eigenvalue weighted by molar-refractivity contribution is -0.0104. The van der Waals surface area contributed by atoms with Gasteiger partial charge in [0.1, 0.15) is 5.82 Å². The number of halogens is 1. The van der Waals surface area contributed by atoms with Crippen LogP contribution in [0.15, 0.2) is 54.6 Å². The van der Waals surface area contributed by atoms with Gasteiger partial charge in [-0.05, 0) is 43.3 Å². The molecule has 1 saturated carbocycles. The molecule has 0 aliphatic heterocycles. The minimum atomic E-state index is -1.000. The monoisotopic (exact) mass is 416 g/mol. The zero-order valence-corrected chi connectivity index (χ0v) is 17.0. The van der Waals surface area contributed by atoms with Crippen molar-refractivity contribution in [3.8, 4) is 0 Å². The van der Waals surface area contributed by atoms with E-state index in [-0.39, 0.29) is 29.6 Å². The van der Waals surface area contributed by atoms with Crippen LogP contribution in [0.25, 0.3) is 0 Å². The fourth-order valence-electron chi connectivity index (χ4n) is 4.08. The Morgan fingerprint density at radius 1 is 1.21 bits per heavy atom. The Labute approximate surface area is 175 Å². The Morgan fingerprint density at radius 3 is 2.55 bits per heavy atom. The number of aliphatic hydroxyl groups excluding tert-OH is 1. The number of benzene rings is 2. The number of hydrogen-bond acceptors (Lipinski definition) is 4. The third-order valence-electron chi connectivity index (χ3n) is 5.59. The third-order valence-corrected chi connectivity index (χ3v) is 5.80. The van der Waals surface area contributed by atoms with Gasteiger partial charge >= 0.3 is 0 Å². The summed E-state index contributed by atoms with van der Waals surface area (Å²) in [7, 11) is 1.62. The first-order chi connectivity index (χ1) is 14.0. The summed E-state index contributed by atoms with van der Waals surface area (Å²) in [5.41, 5.74) is -0.133. The van der Waals surface area contributed by atoms with E-state index in [0.29, 0.717) is 24.0 Å². The van der Waals surface area contributed by atoms with Crippen molar-refractivity contribution in [2.45, 2.75) is 30.9 Å². The average molecular weight is 417 g/mol. The maximum absolute atomic E-state index is 14.8. The second kappa shape index (κ2) is 9.43. The fraction of sp³-hybridized carbons (Fsp3) is 0.364. The van der Waals surface area contributed by atoms with Crippen molar-refractivity contribution in [1.29, 1.82) is 0 Å². The minimum Gasteiger partial charge on any atom is -0.396 e. The molecular weight excluding hydrogens is 391 g/mol. The van der Waals surface area contributed by atoms with Gasteiger partial charge in [0.2, 0.25) is 0 Å². The molecule has 0 heterocycles. The second-order valence-corrected chi connectivity index (χ2v) is 7.65. The molecule has 0 aromatic heterocycles. The molecule has 0 unspecified atom stereocenters. The Bertz CT molecular complexity index is 864. The van der Waals surface area contributed by atoms with E-state index in [2.05, 4.69) is 10.6 Å². The number of carbonyl (C=O) groups is 1. The molecule has 0 bridgehead atoms. The topological polar surface area (TPSA) is 70.6 Å². The number of carbonyl (C=O) groups excluding carboxylic acids is 1. The largest absolute Gasteiger partial charge is 0.396 e. The number of hydrogen-bond donors (Lipinski definition) is 3. The summed E-state index contributed by atoms with van der Waals surface area (Å²) in [5, 5.41) is 16.0. The predicted octanol–water partition coefficient (Wildman–Crippen LogP) is 3.13. The van der Waals surface area contributed by atoms with Crippen LogP contribution < -0.4 is 10.6 Å². The van der Waals surface area contributed by atoms with E-state index in [1.54, 1.807) is 49.6 Å². The molecule has 29 heavy (non-hydrogen) atoms. The van der Waals surface area contributed by atoms with Gasteiger partial charge in [0, 0.05) is 37.2 Å². The molecule has 0 saturated heterocycles. The van der Waals surface area contributed by atoms with Crippen molar-refractivity contribution in [2.24, 2.45) is 5.92 Å². The second-order valence-electron chi connectivity index (χ2n) is 7.24. The van der Waals surface area contributed by atoms with Crippen LogP contribution in [0.5, 0.6) is 0 Å². The van der Waals surface area contributed by atoms with Crippen molar-refractivity contribution in [2.75, 3.05) is 13.7 Å². The Kier molecular flexibility index (Phi) is 6.95. The molecule has 2 aromatic rings. The molecule has 1 amide bonds. The number of methoxy groups -OCH3 is 1. The van der Waals surface area contributed by atoms with Crippen molar-refractivity contribution in [3.63, 3.8) is 0 Å². The van der Waals surface area contributed by atoms with Crippen molar-refractivity contribution < 1.29 is 19.0 Å². The first-order valence-electron chi connectivity index (χ1n) is 9.57. The number of nitrogens with one attached hydrogen (secondary N) is 2. The van der Waals surface area contributed by atoms with Gasteiger partial charge in [-0.15, -0.1) is 0 Å². The van der Waals surface area contributed by atoms with Gasteiger partial charge in [-0.2, -0.15) is 0 Å². The summed E-state index contributed by atoms with van der Waals surface area (Å²) in [6.45, 7) is -0.146. The standard InChI is InChI=1S/C22H25FN2O3S/c1-28-17-12-11-16(14-26)22(13-17,18-9-5-6-10-19(18)23)25-21(29)24-20(27)15-7-3-2-4-8-15/h2-10,16-17,26H,11-14H2,1H3,(H2,24,25,27,29)/t16-,17-,22-/m0/s1. The smallest absolute Gasteiger partial charge is 0.257 e. The molecule has 0 radical (unpaired) electrons. The van der Waals surface area contributed by atoms with E-state index in [0.717, 1.165) is 6.42 Å². The van der Waals surface area contributed by atoms with Gasteiger partial charge in [0.25, 0.3) is 5.91 Å². The maximum atomic E-state index is 14.8. The molecule has 0 spiro atoms. The van der Waals surface area contributed by atoms with E-state index in [4.69, 9.17) is 17.0 Å². The number of amides is 1. The first-order valence-corrected chi connectivity index (χ1v) is 9.98. The van der Waals surface area contributed by atoms with Crippen LogP contribution in [0.2, 0.25) is 0 Å². The lowest BCUT2D eigenvalue weighted by Gasteiger charge is -2.47. The average Bonchev–Trinajstić information content (AvgIpc) is 2.74. The van der Waals surface area contributed by atoms with E-state index >= 15 is 0 Å². The Morgan fingerprint density at radius 2 is 1.90 bits per heavy atom. The molecule has 1 aliphatic rings. The number of aliphatic hydroxyl groups is 1. The van der Waals surface area contributed by atoms with E-state index < -0.39 is 11.4 Å². The summed E-state index contributed by atoms with van der Waals surface area (Å²) in [4.78, 5) is 12.5. The fourth-order valence-corrected chi connectivity index (χ4v) is 4.36. The van der Waals surface area contributed by atoms with Gasteiger partial charge in [-0.25, -0.2) is 4.39 Å². The highest BCUT2D eigenvalue weighted by Crippen LogP contribution is 2.43. The molecule has 5 nitrogen and oxygen atoms in total. The molecule has 3 rings (SSSR count). The SMILES string of the molecule is CO[C@H]1CC[C@@H](CO)[C@](NC(=S)NC(=O)c2ccccc2)(c2ccccc2F)C1. The molecule has 3 atom stereocenters. The lowest BCUT2D eigenvalue weighted by atomic mass is 9.68. The van der Waals surface area contributed by atoms with E-state index in [9.17, 15) is 14.3 Å². The summed E-state index contributed by atoms with van der Waals surface area (Å²) in [6.07, 6.45) is 1.67. The highest BCUT2D eigenvalue weighted by atomic mass is 32.1. The van der Waals surface area contributed by atoms with Gasteiger partial charge in [-0.3, -0.25) is 10.1 Å². The van der Waals surface area contributed by atoms with Crippen LogP contribution in [0.4, 0.5) is 4.39 Å². The van der Waals surface area contributed by atoms with Crippen LogP contribution in [-0.2, 0) is 10.3 Å². The van der Waals surface area contributed by atoms with Crippen LogP contribution in [0.3, 0.4) is 0 Å². The Balaban J connectivity index is 1.92. The van der Waals surface area contributed by atoms with Crippen molar-refractivity contribution in [3.05, 3.63) is 71.5 Å². The highest BCUT2D eigenvalue weighted by molar-refractivity contribution is 7.80. The lowest BCUT2D eigenvalue weighted by Crippen LogP contribution is -2.59. The maximum Gasteiger partial charge on any atom is 0.257 e. The summed E-state index contributed by atoms with van der Waals surface area (Å²) in [6, 6.07) is 15.1. The summed E-state index contributed by atoms with van der Waals surface area (Å²) in [5.74, 6) is -1.05. The molecule has 1 fully saturated rings. The number of thiocarbonyl (C=S) groups is 1. The van der Waals surface area contributed by atoms with Crippen LogP contribution in [0.1, 0.15) is 35.2 Å². The molecule has 154 valence electrons. The normalized spacial score (nSPS) is 24.0. The number of rotatable bonds is 5. The van der Waals surface area contributed by atoms with Gasteiger partial charge in [0.15, 0.2) is 5.11 Å². The van der Waals surface area contributed by atoms with Crippen LogP contribution in [0, 0.1) is 11.7 Å². The molecule has 3 N–H and O–H groups in total. The third kappa shape index (κ3) is 4.63.